The quantitative estimate of drug-likeness (QED) is 0.0509. The number of aromatic hydroxyl groups is 1. The van der Waals surface area contributed by atoms with Crippen molar-refractivity contribution in [2.75, 3.05) is 19.7 Å². The third-order valence-corrected chi connectivity index (χ3v) is 8.56. The molecule has 0 saturated heterocycles. The number of ether oxygens (including phenoxy) is 1. The number of nitrogens with zero attached hydrogens (tertiary/aromatic N) is 4. The van der Waals surface area contributed by atoms with Gasteiger partial charge in [-0.2, -0.15) is 0 Å². The number of aromatic nitrogens is 3. The average Bonchev–Trinajstić information content (AvgIpc) is 3.73. The summed E-state index contributed by atoms with van der Waals surface area (Å²) in [6.45, 7) is 10.3. The van der Waals surface area contributed by atoms with Gasteiger partial charge in [0, 0.05) is 13.1 Å². The lowest BCUT2D eigenvalue weighted by molar-refractivity contribution is -0.138. The molecule has 0 aliphatic carbocycles. The highest BCUT2D eigenvalue weighted by Gasteiger charge is 2.25. The van der Waals surface area contributed by atoms with Crippen LogP contribution in [0, 0.1) is 6.92 Å². The van der Waals surface area contributed by atoms with Crippen LogP contribution in [0.25, 0.3) is 16.7 Å². The van der Waals surface area contributed by atoms with Crippen molar-refractivity contribution in [3.63, 3.8) is 0 Å². The van der Waals surface area contributed by atoms with E-state index in [9.17, 15) is 14.1 Å². The van der Waals surface area contributed by atoms with E-state index in [0.29, 0.717) is 18.1 Å². The monoisotopic (exact) mass is 646 g/mol. The molecule has 10 heteroatoms. The number of unbranched alkanes of at least 4 members (excludes halogenated alkanes) is 5. The first-order valence-corrected chi connectivity index (χ1v) is 17.2. The smallest absolute Gasteiger partial charge is 0.350 e. The minimum atomic E-state index is -1.95. The van der Waals surface area contributed by atoms with E-state index in [-0.39, 0.29) is 4.91 Å². The summed E-state index contributed by atoms with van der Waals surface area (Å²) in [5.41, 5.74) is 4.30. The fourth-order valence-corrected chi connectivity index (χ4v) is 5.66. The highest BCUT2D eigenvalue weighted by molar-refractivity contribution is 7.85. The van der Waals surface area contributed by atoms with Crippen LogP contribution < -0.4 is 4.18 Å². The van der Waals surface area contributed by atoms with Crippen molar-refractivity contribution in [3.05, 3.63) is 102 Å². The van der Waals surface area contributed by atoms with Crippen molar-refractivity contribution in [3.8, 4) is 17.2 Å². The van der Waals surface area contributed by atoms with Crippen molar-refractivity contribution in [2.45, 2.75) is 66.2 Å². The van der Waals surface area contributed by atoms with Crippen LogP contribution >= 0.6 is 0 Å². The summed E-state index contributed by atoms with van der Waals surface area (Å²) in [5, 5.41) is 9.89. The predicted molar refractivity (Wildman–Crippen MR) is 185 cm³/mol. The molecule has 3 aromatic carbocycles. The first-order valence-electron chi connectivity index (χ1n) is 16.1. The van der Waals surface area contributed by atoms with E-state index in [1.165, 1.54) is 36.4 Å². The molecule has 1 unspecified atom stereocenters. The zero-order chi connectivity index (χ0) is 32.9. The van der Waals surface area contributed by atoms with Crippen molar-refractivity contribution in [1.82, 2.24) is 19.0 Å². The summed E-state index contributed by atoms with van der Waals surface area (Å²) in [6, 6.07) is 22.6. The molecule has 0 saturated carbocycles. The van der Waals surface area contributed by atoms with Gasteiger partial charge in [0.15, 0.2) is 4.91 Å². The number of carbonyl (C=O) groups excluding carboxylic acids is 1. The number of rotatable bonds is 16. The van der Waals surface area contributed by atoms with Crippen LogP contribution in [0.3, 0.4) is 0 Å². The highest BCUT2D eigenvalue weighted by Crippen LogP contribution is 2.30. The van der Waals surface area contributed by atoms with E-state index < -0.39 is 17.0 Å². The Morgan fingerprint density at radius 1 is 0.870 bits per heavy atom. The molecule has 46 heavy (non-hydrogen) atoms. The van der Waals surface area contributed by atoms with E-state index in [4.69, 9.17) is 8.92 Å². The largest absolute Gasteiger partial charge is 0.506 e. The number of benzene rings is 3. The summed E-state index contributed by atoms with van der Waals surface area (Å²) in [4.78, 5) is 16.5. The Morgan fingerprint density at radius 3 is 2.15 bits per heavy atom. The second-order valence-corrected chi connectivity index (χ2v) is 12.1. The zero-order valence-corrected chi connectivity index (χ0v) is 28.1. The second-order valence-electron chi connectivity index (χ2n) is 11.0. The Kier molecular flexibility index (Phi) is 13.0. The molecule has 0 bridgehead atoms. The van der Waals surface area contributed by atoms with Crippen LogP contribution in [0.15, 0.2) is 96.1 Å². The molecule has 1 N–H and O–H groups in total. The lowest BCUT2D eigenvalue weighted by atomic mass is 10.1. The van der Waals surface area contributed by atoms with Gasteiger partial charge in [-0.3, -0.25) is 0 Å². The minimum absolute atomic E-state index is 0.00300. The van der Waals surface area contributed by atoms with Gasteiger partial charge < -0.3 is 18.9 Å². The molecule has 2 aromatic heterocycles. The number of aryl methyl sites for hydroxylation is 1. The fourth-order valence-electron chi connectivity index (χ4n) is 4.90. The number of hydrogen-bond donors (Lipinski definition) is 1. The van der Waals surface area contributed by atoms with Crippen molar-refractivity contribution in [1.29, 1.82) is 0 Å². The van der Waals surface area contributed by atoms with Crippen LogP contribution in [-0.2, 0) is 20.6 Å². The normalized spacial score (nSPS) is 12.5. The van der Waals surface area contributed by atoms with Crippen LogP contribution in [-0.4, -0.2) is 53.9 Å². The Labute approximate surface area is 274 Å². The van der Waals surface area contributed by atoms with Gasteiger partial charge in [-0.15, -0.1) is 14.1 Å². The van der Waals surface area contributed by atoms with E-state index >= 15 is 0 Å². The summed E-state index contributed by atoms with van der Waals surface area (Å²) in [6.07, 6.45) is 11.7. The molecular weight excluding hydrogens is 600 g/mol. The lowest BCUT2D eigenvalue weighted by Crippen LogP contribution is -2.17. The van der Waals surface area contributed by atoms with E-state index in [0.717, 1.165) is 43.6 Å². The molecule has 2 heterocycles. The van der Waals surface area contributed by atoms with E-state index in [2.05, 4.69) is 24.0 Å². The number of hydrogen-bond acceptors (Lipinski definition) is 6. The van der Waals surface area contributed by atoms with Gasteiger partial charge >= 0.3 is 5.97 Å². The van der Waals surface area contributed by atoms with Crippen LogP contribution in [0.1, 0.15) is 64.9 Å². The number of para-hydroxylation sites is 3. The number of allylic oxidation sites excluding steroid dienone is 2. The van der Waals surface area contributed by atoms with Crippen LogP contribution in [0.2, 0.25) is 0 Å². The molecule has 0 aliphatic heterocycles. The fraction of sp³-hybridized carbons (Fsp3) is 0.361. The Hall–Kier alpha value is -4.44. The maximum atomic E-state index is 12.6. The van der Waals surface area contributed by atoms with Crippen LogP contribution in [0.5, 0.6) is 11.5 Å². The first-order chi connectivity index (χ1) is 22.4. The van der Waals surface area contributed by atoms with Gasteiger partial charge in [0.2, 0.25) is 11.1 Å². The molecular formula is C36H46N4O5S. The summed E-state index contributed by atoms with van der Waals surface area (Å²) < 4.78 is 27.5. The molecule has 0 amide bonds. The zero-order valence-electron chi connectivity index (χ0n) is 27.3. The lowest BCUT2D eigenvalue weighted by Gasteiger charge is -2.14. The third-order valence-electron chi connectivity index (χ3n) is 7.55. The molecule has 0 aliphatic rings. The van der Waals surface area contributed by atoms with Gasteiger partial charge in [-0.1, -0.05) is 75.4 Å². The maximum Gasteiger partial charge on any atom is 0.350 e. The number of fused-ring (bicyclic) bond motifs is 4. The minimum Gasteiger partial charge on any atom is -0.506 e. The van der Waals surface area contributed by atoms with Crippen LogP contribution in [0.4, 0.5) is 0 Å². The van der Waals surface area contributed by atoms with Gasteiger partial charge in [0.1, 0.15) is 28.2 Å². The first kappa shape index (κ1) is 34.4. The Bertz CT molecular complexity index is 1690. The Balaban J connectivity index is 0.000000235. The second kappa shape index (κ2) is 17.3. The maximum absolute atomic E-state index is 12.6. The standard InChI is InChI=1S/C23H35NO4S.C13H11N3O/c1-4-7-8-9-10-14-20-27-23(25)22(18-15-19-24(5-2)6-3)29(26)28-21-16-12-11-13-17-21;1-9-6-7-13(17)12(8-9)16-14-10-4-2-3-5-11(10)15(14)16/h11-13,15-19H,4-10,14,20H2,1-3H3;2-8,17H,1H3/b19-15+,22-18+;. The molecule has 0 spiro atoms. The van der Waals surface area contributed by atoms with E-state index in [1.807, 2.05) is 71.4 Å². The SMILES string of the molecule is CCCCCCCCOC(=O)/C(=C\C=C\N(CC)CC)S(=O)Oc1ccccc1.Cc1ccc(O)c(-n2n3c4ccccc4n23)c1. The van der Waals surface area contributed by atoms with Gasteiger partial charge in [0.05, 0.1) is 6.61 Å². The summed E-state index contributed by atoms with van der Waals surface area (Å²) in [7, 11) is 0. The topological polar surface area (TPSA) is 89.8 Å². The third kappa shape index (κ3) is 9.06. The number of esters is 1. The van der Waals surface area contributed by atoms with Crippen molar-refractivity contribution in [2.24, 2.45) is 0 Å². The molecule has 9 nitrogen and oxygen atoms in total. The number of carbonyl (C=O) groups is 1. The summed E-state index contributed by atoms with van der Waals surface area (Å²) >= 11 is -1.95. The average molecular weight is 647 g/mol. The van der Waals surface area contributed by atoms with Gasteiger partial charge in [-0.25, -0.2) is 9.00 Å². The Morgan fingerprint density at radius 2 is 1.50 bits per heavy atom. The molecule has 0 radical (unpaired) electrons. The van der Waals surface area contributed by atoms with Gasteiger partial charge in [0.25, 0.3) is 0 Å². The molecule has 5 aromatic rings. The molecule has 246 valence electrons. The molecule has 5 rings (SSSR count). The van der Waals surface area contributed by atoms with Crippen molar-refractivity contribution < 1.29 is 23.0 Å². The number of phenolic OH excluding ortho intramolecular Hbond substituents is 1. The van der Waals surface area contributed by atoms with Gasteiger partial charge in [-0.05, 0) is 87.5 Å². The predicted octanol–water partition coefficient (Wildman–Crippen LogP) is 7.81. The number of phenols is 1. The summed E-state index contributed by atoms with van der Waals surface area (Å²) in [5.74, 6) is 0.140. The van der Waals surface area contributed by atoms with Crippen molar-refractivity contribution >= 4 is 28.1 Å². The molecule has 0 fully saturated rings. The van der Waals surface area contributed by atoms with E-state index in [1.54, 1.807) is 36.4 Å². The highest BCUT2D eigenvalue weighted by atomic mass is 32.2. The molecule has 1 atom stereocenters.